The second-order valence-electron chi connectivity index (χ2n) is 8.27. The maximum atomic E-state index is 12.2. The van der Waals surface area contributed by atoms with Crippen LogP contribution in [-0.4, -0.2) is 36.0 Å². The Hall–Kier alpha value is -4.84. The van der Waals surface area contributed by atoms with E-state index in [0.717, 1.165) is 29.8 Å². The minimum Gasteiger partial charge on any atom is -0.505 e. The zero-order chi connectivity index (χ0) is 29.4. The maximum absolute atomic E-state index is 12.2. The van der Waals surface area contributed by atoms with Crippen molar-refractivity contribution >= 4 is 65.1 Å². The van der Waals surface area contributed by atoms with Crippen molar-refractivity contribution in [2.24, 2.45) is 20.5 Å². The summed E-state index contributed by atoms with van der Waals surface area (Å²) < 4.78 is 68.2. The molecule has 0 bridgehead atoms. The largest absolute Gasteiger partial charge is 0.505 e. The standard InChI is InChI=1S/C23H18N6O9S2/c1-12-2-4-14(5-3-12)26-28-22-18(40(36,37)38)11-13-10-17(39(33,34)35)21(20(24)19(13)23(22)30)27-25-15-6-8-16(9-7-15)29(31)32/h2-11,30H,24H2,1H3,(H,33,34,35)(H,36,37,38). The van der Waals surface area contributed by atoms with Gasteiger partial charge in [0, 0.05) is 12.1 Å². The van der Waals surface area contributed by atoms with E-state index in [2.05, 4.69) is 20.5 Å². The van der Waals surface area contributed by atoms with E-state index in [1.54, 1.807) is 24.3 Å². The molecule has 0 spiro atoms. The van der Waals surface area contributed by atoms with E-state index in [9.17, 15) is 41.2 Å². The zero-order valence-electron chi connectivity index (χ0n) is 20.2. The minimum absolute atomic E-state index is 0.0462. The highest BCUT2D eigenvalue weighted by molar-refractivity contribution is 7.86. The number of azo groups is 2. The molecule has 0 aliphatic heterocycles. The Morgan fingerprint density at radius 2 is 1.23 bits per heavy atom. The Kier molecular flexibility index (Phi) is 7.31. The normalized spacial score (nSPS) is 12.5. The number of phenolic OH excluding ortho intramolecular Hbond substituents is 1. The Morgan fingerprint density at radius 1 is 0.775 bits per heavy atom. The fraction of sp³-hybridized carbons (Fsp3) is 0.0435. The molecule has 40 heavy (non-hydrogen) atoms. The van der Waals surface area contributed by atoms with Gasteiger partial charge in [-0.05, 0) is 48.7 Å². The van der Waals surface area contributed by atoms with Crippen molar-refractivity contribution in [1.29, 1.82) is 0 Å². The molecule has 0 amide bonds. The minimum atomic E-state index is -5.05. The average molecular weight is 587 g/mol. The van der Waals surface area contributed by atoms with Gasteiger partial charge in [-0.15, -0.1) is 10.2 Å². The van der Waals surface area contributed by atoms with Crippen molar-refractivity contribution in [1.82, 2.24) is 0 Å². The summed E-state index contributed by atoms with van der Waals surface area (Å²) in [6.45, 7) is 1.83. The number of anilines is 1. The third kappa shape index (κ3) is 5.76. The van der Waals surface area contributed by atoms with Crippen molar-refractivity contribution in [2.45, 2.75) is 16.7 Å². The molecular formula is C23H18N6O9S2. The van der Waals surface area contributed by atoms with Crippen LogP contribution in [0.5, 0.6) is 5.75 Å². The van der Waals surface area contributed by atoms with Crippen LogP contribution in [0.15, 0.2) is 90.9 Å². The third-order valence-corrected chi connectivity index (χ3v) is 7.23. The summed E-state index contributed by atoms with van der Waals surface area (Å²) in [5, 5.41) is 36.5. The number of aryl methyl sites for hydroxylation is 1. The molecule has 0 fully saturated rings. The summed E-state index contributed by atoms with van der Waals surface area (Å²) in [6.07, 6.45) is 0. The van der Waals surface area contributed by atoms with Crippen molar-refractivity contribution < 1.29 is 36.0 Å². The Bertz CT molecular complexity index is 1940. The molecule has 15 nitrogen and oxygen atoms in total. The number of rotatable bonds is 7. The number of hydrogen-bond acceptors (Lipinski definition) is 12. The molecule has 0 unspecified atom stereocenters. The van der Waals surface area contributed by atoms with Gasteiger partial charge in [-0.3, -0.25) is 19.2 Å². The highest BCUT2D eigenvalue weighted by Crippen LogP contribution is 2.48. The summed E-state index contributed by atoms with van der Waals surface area (Å²) in [5.74, 6) is -0.896. The zero-order valence-corrected chi connectivity index (χ0v) is 21.8. The topological polar surface area (TPSA) is 248 Å². The van der Waals surface area contributed by atoms with E-state index >= 15 is 0 Å². The molecule has 4 aromatic carbocycles. The number of nitro groups is 1. The van der Waals surface area contributed by atoms with Crippen molar-refractivity contribution in [2.75, 3.05) is 5.73 Å². The van der Waals surface area contributed by atoms with Crippen LogP contribution in [0.2, 0.25) is 0 Å². The fourth-order valence-corrected chi connectivity index (χ4v) is 4.90. The van der Waals surface area contributed by atoms with Gasteiger partial charge >= 0.3 is 0 Å². The van der Waals surface area contributed by atoms with Crippen molar-refractivity contribution in [3.63, 3.8) is 0 Å². The van der Waals surface area contributed by atoms with Gasteiger partial charge in [0.15, 0.2) is 5.75 Å². The first kappa shape index (κ1) is 28.2. The number of benzene rings is 4. The number of fused-ring (bicyclic) bond motifs is 1. The summed E-state index contributed by atoms with van der Waals surface area (Å²) in [7, 11) is -10.1. The molecule has 0 aliphatic carbocycles. The highest BCUT2D eigenvalue weighted by Gasteiger charge is 2.28. The monoisotopic (exact) mass is 586 g/mol. The van der Waals surface area contributed by atoms with Gasteiger partial charge in [0.05, 0.1) is 27.4 Å². The molecule has 0 radical (unpaired) electrons. The van der Waals surface area contributed by atoms with Gasteiger partial charge in [0.1, 0.15) is 21.2 Å². The van der Waals surface area contributed by atoms with Gasteiger partial charge in [-0.2, -0.15) is 27.1 Å². The smallest absolute Gasteiger partial charge is 0.296 e. The summed E-state index contributed by atoms with van der Waals surface area (Å²) in [5.41, 5.74) is 5.23. The van der Waals surface area contributed by atoms with Crippen LogP contribution in [-0.2, 0) is 20.2 Å². The van der Waals surface area contributed by atoms with Gasteiger partial charge < -0.3 is 10.8 Å². The lowest BCUT2D eigenvalue weighted by Crippen LogP contribution is -2.03. The molecule has 0 aromatic heterocycles. The van der Waals surface area contributed by atoms with E-state index in [1.165, 1.54) is 12.1 Å². The Labute approximate surface area is 226 Å². The molecule has 5 N–H and O–H groups in total. The molecular weight excluding hydrogens is 568 g/mol. The summed E-state index contributed by atoms with van der Waals surface area (Å²) in [4.78, 5) is 8.38. The van der Waals surface area contributed by atoms with Crippen LogP contribution < -0.4 is 5.73 Å². The number of nitrogen functional groups attached to an aromatic ring is 1. The number of nitrogens with two attached hydrogens (primary N) is 1. The first-order valence-electron chi connectivity index (χ1n) is 10.9. The predicted molar refractivity (Wildman–Crippen MR) is 142 cm³/mol. The van der Waals surface area contributed by atoms with Crippen LogP contribution in [0.3, 0.4) is 0 Å². The van der Waals surface area contributed by atoms with E-state index in [4.69, 9.17) is 5.73 Å². The van der Waals surface area contributed by atoms with Gasteiger partial charge in [0.2, 0.25) is 0 Å². The summed E-state index contributed by atoms with van der Waals surface area (Å²) in [6, 6.07) is 12.8. The lowest BCUT2D eigenvalue weighted by molar-refractivity contribution is -0.384. The second-order valence-corrected chi connectivity index (χ2v) is 11.0. The first-order chi connectivity index (χ1) is 18.7. The van der Waals surface area contributed by atoms with Crippen LogP contribution in [0.25, 0.3) is 10.8 Å². The molecule has 17 heteroatoms. The van der Waals surface area contributed by atoms with Crippen LogP contribution in [0, 0.1) is 17.0 Å². The van der Waals surface area contributed by atoms with Crippen LogP contribution in [0.1, 0.15) is 5.56 Å². The van der Waals surface area contributed by atoms with Crippen LogP contribution >= 0.6 is 0 Å². The van der Waals surface area contributed by atoms with Crippen molar-refractivity contribution in [3.05, 3.63) is 76.3 Å². The predicted octanol–water partition coefficient (Wildman–Crippen LogP) is 5.67. The quantitative estimate of drug-likeness (QED) is 0.0678. The molecule has 0 saturated heterocycles. The van der Waals surface area contributed by atoms with Crippen LogP contribution in [0.4, 0.5) is 34.1 Å². The number of phenols is 1. The second kappa shape index (κ2) is 10.4. The molecule has 4 rings (SSSR count). The number of aromatic hydroxyl groups is 1. The summed E-state index contributed by atoms with van der Waals surface area (Å²) >= 11 is 0. The lowest BCUT2D eigenvalue weighted by Gasteiger charge is -2.14. The van der Waals surface area contributed by atoms with Crippen molar-refractivity contribution in [3.8, 4) is 5.75 Å². The lowest BCUT2D eigenvalue weighted by atomic mass is 10.1. The molecule has 4 aromatic rings. The number of nitro benzene ring substituents is 1. The SMILES string of the molecule is Cc1ccc(N=Nc2c(S(=O)(=O)O)cc3cc(S(=O)(=O)O)c(N=Nc4ccc([N+](=O)[O-])cc4)c(N)c3c2O)cc1. The molecule has 0 heterocycles. The molecule has 206 valence electrons. The van der Waals surface area contributed by atoms with Gasteiger partial charge in [0.25, 0.3) is 25.9 Å². The number of hydrogen-bond donors (Lipinski definition) is 4. The van der Waals surface area contributed by atoms with E-state index in [-0.39, 0.29) is 27.8 Å². The Morgan fingerprint density at radius 3 is 1.70 bits per heavy atom. The third-order valence-electron chi connectivity index (χ3n) is 5.50. The average Bonchev–Trinajstić information content (AvgIpc) is 2.87. The highest BCUT2D eigenvalue weighted by atomic mass is 32.2. The molecule has 0 aliphatic rings. The first-order valence-corrected chi connectivity index (χ1v) is 13.8. The number of non-ortho nitro benzene ring substituents is 1. The van der Waals surface area contributed by atoms with E-state index in [0.29, 0.717) is 0 Å². The number of nitrogens with zero attached hydrogens (tertiary/aromatic N) is 5. The van der Waals surface area contributed by atoms with Gasteiger partial charge in [-0.1, -0.05) is 17.7 Å². The Balaban J connectivity index is 1.98. The molecule has 0 atom stereocenters. The maximum Gasteiger partial charge on any atom is 0.296 e. The van der Waals surface area contributed by atoms with E-state index in [1.807, 2.05) is 6.92 Å². The van der Waals surface area contributed by atoms with E-state index < -0.39 is 57.8 Å². The van der Waals surface area contributed by atoms with Gasteiger partial charge in [-0.25, -0.2) is 0 Å². The fourth-order valence-electron chi connectivity index (χ4n) is 3.57. The molecule has 0 saturated carbocycles.